The van der Waals surface area contributed by atoms with E-state index in [9.17, 15) is 5.26 Å². The number of oxazole rings is 1. The van der Waals surface area contributed by atoms with Crippen LogP contribution in [0.25, 0.3) is 11.5 Å². The fraction of sp³-hybridized carbons (Fsp3) is 0.200. The van der Waals surface area contributed by atoms with Gasteiger partial charge in [0.15, 0.2) is 0 Å². The van der Waals surface area contributed by atoms with Crippen LogP contribution in [0.1, 0.15) is 30.5 Å². The molecule has 1 heterocycles. The van der Waals surface area contributed by atoms with Crippen molar-refractivity contribution >= 4 is 17.5 Å². The lowest BCUT2D eigenvalue weighted by atomic mass is 9.96. The number of rotatable bonds is 6. The van der Waals surface area contributed by atoms with Gasteiger partial charge in [-0.2, -0.15) is 10.2 Å². The number of halogens is 1. The van der Waals surface area contributed by atoms with E-state index >= 15 is 0 Å². The van der Waals surface area contributed by atoms with Crippen molar-refractivity contribution in [1.29, 1.82) is 5.26 Å². The molecular weight excluding hydrogens is 334 g/mol. The van der Waals surface area contributed by atoms with Gasteiger partial charge in [-0.05, 0) is 36.2 Å². The second-order valence-electron chi connectivity index (χ2n) is 5.71. The van der Waals surface area contributed by atoms with Gasteiger partial charge in [0.25, 0.3) is 0 Å². The van der Waals surface area contributed by atoms with E-state index in [-0.39, 0.29) is 5.69 Å². The van der Waals surface area contributed by atoms with E-state index in [0.717, 1.165) is 12.0 Å². The quantitative estimate of drug-likeness (QED) is 0.639. The molecule has 0 saturated heterocycles. The molecule has 4 nitrogen and oxygen atoms in total. The highest BCUT2D eigenvalue weighted by molar-refractivity contribution is 6.30. The first-order valence-corrected chi connectivity index (χ1v) is 8.54. The lowest BCUT2D eigenvalue weighted by Gasteiger charge is -2.15. The van der Waals surface area contributed by atoms with Crippen molar-refractivity contribution in [3.8, 4) is 17.5 Å². The average molecular weight is 352 g/mol. The van der Waals surface area contributed by atoms with Crippen molar-refractivity contribution in [2.75, 3.05) is 11.9 Å². The Labute approximate surface area is 152 Å². The van der Waals surface area contributed by atoms with Gasteiger partial charge in [-0.25, -0.2) is 0 Å². The third kappa shape index (κ3) is 4.01. The highest BCUT2D eigenvalue weighted by Gasteiger charge is 2.16. The summed E-state index contributed by atoms with van der Waals surface area (Å²) >= 11 is 5.91. The van der Waals surface area contributed by atoms with Crippen LogP contribution in [0.5, 0.6) is 0 Å². The zero-order valence-corrected chi connectivity index (χ0v) is 14.6. The molecule has 0 aliphatic carbocycles. The second kappa shape index (κ2) is 7.87. The fourth-order valence-electron chi connectivity index (χ4n) is 2.67. The van der Waals surface area contributed by atoms with Crippen LogP contribution < -0.4 is 5.32 Å². The van der Waals surface area contributed by atoms with E-state index < -0.39 is 0 Å². The average Bonchev–Trinajstić information content (AvgIpc) is 3.07. The molecule has 1 aromatic heterocycles. The number of hydrogen-bond acceptors (Lipinski definition) is 4. The van der Waals surface area contributed by atoms with Crippen molar-refractivity contribution in [2.45, 2.75) is 19.3 Å². The van der Waals surface area contributed by atoms with E-state index in [4.69, 9.17) is 16.0 Å². The Morgan fingerprint density at radius 1 is 1.16 bits per heavy atom. The van der Waals surface area contributed by atoms with E-state index in [1.54, 1.807) is 12.1 Å². The van der Waals surface area contributed by atoms with Gasteiger partial charge in [0, 0.05) is 23.0 Å². The highest BCUT2D eigenvalue weighted by Crippen LogP contribution is 2.27. The van der Waals surface area contributed by atoms with Crippen molar-refractivity contribution in [3.05, 3.63) is 70.9 Å². The summed E-state index contributed by atoms with van der Waals surface area (Å²) in [7, 11) is 0. The maximum atomic E-state index is 9.33. The normalized spacial score (nSPS) is 11.7. The molecule has 126 valence electrons. The Bertz CT molecular complexity index is 866. The fourth-order valence-corrected chi connectivity index (χ4v) is 2.80. The largest absolute Gasteiger partial charge is 0.419 e. The van der Waals surface area contributed by atoms with Crippen LogP contribution in [-0.4, -0.2) is 11.5 Å². The Balaban J connectivity index is 1.78. The first-order chi connectivity index (χ1) is 12.2. The van der Waals surface area contributed by atoms with Crippen molar-refractivity contribution in [2.24, 2.45) is 0 Å². The Morgan fingerprint density at radius 3 is 2.52 bits per heavy atom. The molecule has 0 aliphatic rings. The van der Waals surface area contributed by atoms with E-state index in [1.165, 1.54) is 5.56 Å². The number of aromatic nitrogens is 1. The number of hydrogen-bond donors (Lipinski definition) is 1. The van der Waals surface area contributed by atoms with E-state index in [0.29, 0.717) is 29.3 Å². The van der Waals surface area contributed by atoms with Crippen LogP contribution in [-0.2, 0) is 0 Å². The highest BCUT2D eigenvalue weighted by atomic mass is 35.5. The molecule has 3 aromatic rings. The number of anilines is 1. The molecule has 0 saturated carbocycles. The van der Waals surface area contributed by atoms with Crippen molar-refractivity contribution in [3.63, 3.8) is 0 Å². The smallest absolute Gasteiger partial charge is 0.232 e. The number of nitrogens with zero attached hydrogens (tertiary/aromatic N) is 2. The minimum Gasteiger partial charge on any atom is -0.419 e. The first kappa shape index (κ1) is 17.1. The molecule has 0 spiro atoms. The lowest BCUT2D eigenvalue weighted by Crippen LogP contribution is -2.12. The molecular formula is C20H18ClN3O. The standard InChI is InChI=1S/C20H18ClN3O/c1-2-14(15-6-4-3-5-7-15)13-23-20-18(12-22)24-19(25-20)16-8-10-17(21)11-9-16/h3-11,14,23H,2,13H2,1H3/t14-/m1/s1. The van der Waals surface area contributed by atoms with Gasteiger partial charge in [-0.1, -0.05) is 48.9 Å². The van der Waals surface area contributed by atoms with Gasteiger partial charge in [0.2, 0.25) is 17.5 Å². The van der Waals surface area contributed by atoms with Gasteiger partial charge in [0.1, 0.15) is 6.07 Å². The minimum absolute atomic E-state index is 0.257. The van der Waals surface area contributed by atoms with Gasteiger partial charge in [-0.3, -0.25) is 0 Å². The second-order valence-corrected chi connectivity index (χ2v) is 6.15. The van der Waals surface area contributed by atoms with E-state index in [1.807, 2.05) is 30.3 Å². The summed E-state index contributed by atoms with van der Waals surface area (Å²) in [6, 6.07) is 19.5. The molecule has 0 fully saturated rings. The molecule has 1 N–H and O–H groups in total. The molecule has 1 atom stereocenters. The molecule has 0 unspecified atom stereocenters. The zero-order chi connectivity index (χ0) is 17.6. The maximum Gasteiger partial charge on any atom is 0.232 e. The Morgan fingerprint density at radius 2 is 1.88 bits per heavy atom. The summed E-state index contributed by atoms with van der Waals surface area (Å²) in [5.74, 6) is 1.14. The molecule has 25 heavy (non-hydrogen) atoms. The summed E-state index contributed by atoms with van der Waals surface area (Å²) < 4.78 is 5.77. The molecule has 5 heteroatoms. The third-order valence-corrected chi connectivity index (χ3v) is 4.35. The molecule has 0 radical (unpaired) electrons. The summed E-state index contributed by atoms with van der Waals surface area (Å²) in [4.78, 5) is 4.27. The zero-order valence-electron chi connectivity index (χ0n) is 13.9. The summed E-state index contributed by atoms with van der Waals surface area (Å²) in [6.45, 7) is 2.81. The summed E-state index contributed by atoms with van der Waals surface area (Å²) in [5, 5.41) is 13.2. The molecule has 0 amide bonds. The lowest BCUT2D eigenvalue weighted by molar-refractivity contribution is 0.577. The van der Waals surface area contributed by atoms with Crippen LogP contribution in [0, 0.1) is 11.3 Å². The summed E-state index contributed by atoms with van der Waals surface area (Å²) in [6.07, 6.45) is 0.983. The van der Waals surface area contributed by atoms with Gasteiger partial charge in [0.05, 0.1) is 0 Å². The Kier molecular flexibility index (Phi) is 5.37. The summed E-state index contributed by atoms with van der Waals surface area (Å²) in [5.41, 5.74) is 2.30. The van der Waals surface area contributed by atoms with Crippen LogP contribution in [0.2, 0.25) is 5.02 Å². The maximum absolute atomic E-state index is 9.33. The van der Waals surface area contributed by atoms with Gasteiger partial charge in [-0.15, -0.1) is 0 Å². The van der Waals surface area contributed by atoms with Crippen LogP contribution in [0.3, 0.4) is 0 Å². The SMILES string of the molecule is CC[C@H](CNc1oc(-c2ccc(Cl)cc2)nc1C#N)c1ccccc1. The number of nitrogens with one attached hydrogen (secondary N) is 1. The number of benzene rings is 2. The molecule has 0 bridgehead atoms. The van der Waals surface area contributed by atoms with E-state index in [2.05, 4.69) is 35.4 Å². The molecule has 0 aliphatic heterocycles. The third-order valence-electron chi connectivity index (χ3n) is 4.10. The van der Waals surface area contributed by atoms with Crippen molar-refractivity contribution < 1.29 is 4.42 Å². The predicted molar refractivity (Wildman–Crippen MR) is 99.6 cm³/mol. The Hall–Kier alpha value is -2.77. The van der Waals surface area contributed by atoms with Crippen LogP contribution in [0.15, 0.2) is 59.0 Å². The topological polar surface area (TPSA) is 61.9 Å². The van der Waals surface area contributed by atoms with Crippen LogP contribution in [0.4, 0.5) is 5.88 Å². The monoisotopic (exact) mass is 351 g/mol. The van der Waals surface area contributed by atoms with Gasteiger partial charge >= 0.3 is 0 Å². The minimum atomic E-state index is 0.257. The van der Waals surface area contributed by atoms with Gasteiger partial charge < -0.3 is 9.73 Å². The van der Waals surface area contributed by atoms with Crippen LogP contribution >= 0.6 is 11.6 Å². The predicted octanol–water partition coefficient (Wildman–Crippen LogP) is 5.47. The number of nitriles is 1. The van der Waals surface area contributed by atoms with Crippen molar-refractivity contribution in [1.82, 2.24) is 4.98 Å². The molecule has 2 aromatic carbocycles. The molecule has 3 rings (SSSR count). The first-order valence-electron chi connectivity index (χ1n) is 8.17.